The fourth-order valence-electron chi connectivity index (χ4n) is 8.49. The number of rotatable bonds is 10. The Bertz CT molecular complexity index is 1160. The van der Waals surface area contributed by atoms with Crippen molar-refractivity contribution in [2.24, 2.45) is 28.6 Å². The number of carboxylic acids is 1. The van der Waals surface area contributed by atoms with Crippen molar-refractivity contribution >= 4 is 35.4 Å². The summed E-state index contributed by atoms with van der Waals surface area (Å²) >= 11 is 0. The van der Waals surface area contributed by atoms with Crippen LogP contribution in [-0.2, 0) is 38.2 Å². The molecular weight excluding hydrogens is 534 g/mol. The number of allylic oxidation sites excluding steroid dienone is 1. The first-order chi connectivity index (χ1) is 19.3. The van der Waals surface area contributed by atoms with Crippen molar-refractivity contribution < 1.29 is 48.5 Å². The van der Waals surface area contributed by atoms with Gasteiger partial charge in [0.05, 0.1) is 13.0 Å². The number of aliphatic hydroxyl groups is 1. The van der Waals surface area contributed by atoms with Crippen LogP contribution in [0, 0.1) is 28.6 Å². The quantitative estimate of drug-likeness (QED) is 0.328. The van der Waals surface area contributed by atoms with Gasteiger partial charge in [0, 0.05) is 25.2 Å². The number of carboxylic acid groups (broad SMARTS) is 1. The molecule has 7 atom stereocenters. The van der Waals surface area contributed by atoms with Crippen LogP contribution in [0.15, 0.2) is 11.6 Å². The van der Waals surface area contributed by atoms with Gasteiger partial charge in [0.15, 0.2) is 18.0 Å². The maximum Gasteiger partial charge on any atom is 0.328 e. The van der Waals surface area contributed by atoms with Gasteiger partial charge in [0.1, 0.15) is 6.04 Å². The zero-order chi connectivity index (χ0) is 30.2. The van der Waals surface area contributed by atoms with Crippen LogP contribution in [0.5, 0.6) is 0 Å². The first-order valence-corrected chi connectivity index (χ1v) is 14.5. The van der Waals surface area contributed by atoms with Crippen LogP contribution in [0.25, 0.3) is 0 Å². The smallest absolute Gasteiger partial charge is 0.328 e. The van der Waals surface area contributed by atoms with Crippen LogP contribution in [0.4, 0.5) is 0 Å². The van der Waals surface area contributed by atoms with Crippen molar-refractivity contribution in [2.75, 3.05) is 13.2 Å². The third-order valence-electron chi connectivity index (χ3n) is 10.6. The van der Waals surface area contributed by atoms with Crippen molar-refractivity contribution in [3.63, 3.8) is 0 Å². The number of carbonyl (C=O) groups is 6. The van der Waals surface area contributed by atoms with E-state index >= 15 is 0 Å². The lowest BCUT2D eigenvalue weighted by molar-refractivity contribution is -0.191. The first-order valence-electron chi connectivity index (χ1n) is 14.5. The summed E-state index contributed by atoms with van der Waals surface area (Å²) in [6, 6.07) is -1.48. The highest BCUT2D eigenvalue weighted by atomic mass is 16.6. The predicted octanol–water partition coefficient (Wildman–Crippen LogP) is 2.27. The monoisotopic (exact) mass is 575 g/mol. The molecule has 4 aliphatic rings. The summed E-state index contributed by atoms with van der Waals surface area (Å²) in [6.07, 6.45) is 6.78. The number of Topliss-reactive ketones (excluding diaryl/α,β-unsaturated/α-hetero) is 1. The maximum absolute atomic E-state index is 13.8. The van der Waals surface area contributed by atoms with Crippen LogP contribution in [0.3, 0.4) is 0 Å². The van der Waals surface area contributed by atoms with Crippen LogP contribution in [0.1, 0.15) is 85.0 Å². The van der Waals surface area contributed by atoms with E-state index in [0.717, 1.165) is 25.7 Å². The van der Waals surface area contributed by atoms with Gasteiger partial charge in [0.2, 0.25) is 11.7 Å². The number of ketones is 2. The largest absolute Gasteiger partial charge is 0.480 e. The van der Waals surface area contributed by atoms with Gasteiger partial charge in [0.25, 0.3) is 0 Å². The number of hydrogen-bond donors (Lipinski definition) is 3. The summed E-state index contributed by atoms with van der Waals surface area (Å²) in [5.41, 5.74) is -0.865. The molecule has 3 fully saturated rings. The zero-order valence-electron chi connectivity index (χ0n) is 24.0. The molecule has 4 aliphatic carbocycles. The highest BCUT2D eigenvalue weighted by molar-refractivity contribution is 5.94. The number of esters is 2. The molecule has 0 heterocycles. The Labute approximate surface area is 239 Å². The van der Waals surface area contributed by atoms with E-state index in [1.807, 2.05) is 13.0 Å². The molecule has 0 aromatic carbocycles. The van der Waals surface area contributed by atoms with E-state index < -0.39 is 66.3 Å². The molecule has 0 saturated heterocycles. The molecule has 226 valence electrons. The number of ether oxygens (including phenoxy) is 2. The zero-order valence-corrected chi connectivity index (χ0v) is 24.0. The van der Waals surface area contributed by atoms with Crippen molar-refractivity contribution in [3.05, 3.63) is 11.6 Å². The third-order valence-corrected chi connectivity index (χ3v) is 10.6. The molecule has 3 saturated carbocycles. The Balaban J connectivity index is 1.44. The van der Waals surface area contributed by atoms with E-state index in [0.29, 0.717) is 37.5 Å². The topological polar surface area (TPSA) is 173 Å². The molecule has 3 N–H and O–H groups in total. The minimum absolute atomic E-state index is 0.0433. The van der Waals surface area contributed by atoms with E-state index in [4.69, 9.17) is 19.7 Å². The maximum atomic E-state index is 13.8. The number of nitrogens with one attached hydrogen (secondary N) is 1. The molecule has 41 heavy (non-hydrogen) atoms. The Kier molecular flexibility index (Phi) is 8.78. The van der Waals surface area contributed by atoms with E-state index in [-0.39, 0.29) is 23.5 Å². The second kappa shape index (κ2) is 11.7. The van der Waals surface area contributed by atoms with Gasteiger partial charge in [-0.15, -0.1) is 0 Å². The lowest BCUT2D eigenvalue weighted by Crippen LogP contribution is -2.59. The standard InChI is InChI=1S/C30H41NO10/c1-17(33)41-30(24(35)16-40-26(37)7-6-25(36)31-23(15-32)27(38)39)13-10-22-20-5-4-18-14-19(34)8-11-28(18,2)21(20)9-12-29(22,30)3/h14,20-23,32H,4-13,15-16H2,1-3H3,(H,31,36)(H,38,39). The molecular formula is C30H41NO10. The minimum Gasteiger partial charge on any atom is -0.480 e. The Hall–Kier alpha value is -3.08. The van der Waals surface area contributed by atoms with E-state index in [2.05, 4.69) is 12.2 Å². The second-order valence-electron chi connectivity index (χ2n) is 12.6. The van der Waals surface area contributed by atoms with E-state index in [1.165, 1.54) is 12.5 Å². The normalized spacial score (nSPS) is 34.7. The summed E-state index contributed by atoms with van der Waals surface area (Å²) in [5.74, 6) is -3.01. The first kappa shape index (κ1) is 30.9. The van der Waals surface area contributed by atoms with Gasteiger partial charge in [-0.05, 0) is 74.2 Å². The van der Waals surface area contributed by atoms with Crippen LogP contribution < -0.4 is 5.32 Å². The van der Waals surface area contributed by atoms with E-state index in [1.54, 1.807) is 0 Å². The molecule has 0 spiro atoms. The van der Waals surface area contributed by atoms with Crippen molar-refractivity contribution in [1.29, 1.82) is 0 Å². The fraction of sp³-hybridized carbons (Fsp3) is 0.733. The van der Waals surface area contributed by atoms with Gasteiger partial charge >= 0.3 is 17.9 Å². The number of amides is 1. The lowest BCUT2D eigenvalue weighted by atomic mass is 9.46. The molecule has 4 rings (SSSR count). The van der Waals surface area contributed by atoms with Crippen molar-refractivity contribution in [2.45, 2.75) is 96.6 Å². The molecule has 0 bridgehead atoms. The SMILES string of the molecule is CC(=O)OC1(C(=O)COC(=O)CCC(=O)NC(CO)C(=O)O)CCC2C3CCC4=CC(=O)CCC4(C)C3CCC21C. The number of aliphatic hydroxyl groups excluding tert-OH is 1. The van der Waals surface area contributed by atoms with E-state index in [9.17, 15) is 28.8 Å². The second-order valence-corrected chi connectivity index (χ2v) is 12.6. The summed E-state index contributed by atoms with van der Waals surface area (Å²) in [4.78, 5) is 73.5. The molecule has 0 aromatic heterocycles. The molecule has 0 aromatic rings. The summed E-state index contributed by atoms with van der Waals surface area (Å²) in [6.45, 7) is 4.17. The Morgan fingerprint density at radius 1 is 1.02 bits per heavy atom. The molecule has 1 amide bonds. The highest BCUT2D eigenvalue weighted by Crippen LogP contribution is 2.68. The van der Waals surface area contributed by atoms with Gasteiger partial charge < -0.3 is 25.0 Å². The fourth-order valence-corrected chi connectivity index (χ4v) is 8.49. The highest BCUT2D eigenvalue weighted by Gasteiger charge is 2.68. The van der Waals surface area contributed by atoms with Gasteiger partial charge in [-0.3, -0.25) is 24.0 Å². The molecule has 0 radical (unpaired) electrons. The van der Waals surface area contributed by atoms with Gasteiger partial charge in [-0.25, -0.2) is 4.79 Å². The summed E-state index contributed by atoms with van der Waals surface area (Å²) in [5, 5.41) is 20.0. The number of fused-ring (bicyclic) bond motifs is 5. The summed E-state index contributed by atoms with van der Waals surface area (Å²) in [7, 11) is 0. The molecule has 11 nitrogen and oxygen atoms in total. The molecule has 0 aliphatic heterocycles. The Morgan fingerprint density at radius 2 is 1.73 bits per heavy atom. The van der Waals surface area contributed by atoms with Crippen LogP contribution in [-0.4, -0.2) is 70.5 Å². The number of aliphatic carboxylic acids is 1. The average molecular weight is 576 g/mol. The number of hydrogen-bond acceptors (Lipinski definition) is 9. The number of carbonyl (C=O) groups excluding carboxylic acids is 5. The molecule has 11 heteroatoms. The van der Waals surface area contributed by atoms with Crippen molar-refractivity contribution in [3.8, 4) is 0 Å². The van der Waals surface area contributed by atoms with Gasteiger partial charge in [-0.2, -0.15) is 0 Å². The molecule has 7 unspecified atom stereocenters. The van der Waals surface area contributed by atoms with Crippen LogP contribution >= 0.6 is 0 Å². The average Bonchev–Trinajstić information content (AvgIpc) is 3.21. The van der Waals surface area contributed by atoms with Crippen LogP contribution in [0.2, 0.25) is 0 Å². The lowest BCUT2D eigenvalue weighted by Gasteiger charge is -2.59. The summed E-state index contributed by atoms with van der Waals surface area (Å²) < 4.78 is 11.1. The van der Waals surface area contributed by atoms with Gasteiger partial charge in [-0.1, -0.05) is 19.4 Å². The minimum atomic E-state index is -1.48. The van der Waals surface area contributed by atoms with Crippen molar-refractivity contribution in [1.82, 2.24) is 5.32 Å². The Morgan fingerprint density at radius 3 is 2.39 bits per heavy atom. The third kappa shape index (κ3) is 5.57. The predicted molar refractivity (Wildman–Crippen MR) is 143 cm³/mol.